The highest BCUT2D eigenvalue weighted by Gasteiger charge is 2.33. The molecule has 0 radical (unpaired) electrons. The van der Waals surface area contributed by atoms with Gasteiger partial charge in [-0.25, -0.2) is 4.79 Å². The number of carbonyl (C=O) groups excluding carboxylic acids is 2. The second-order valence-corrected chi connectivity index (χ2v) is 9.14. The molecule has 1 fully saturated rings. The van der Waals surface area contributed by atoms with E-state index >= 15 is 0 Å². The molecule has 1 amide bonds. The molecule has 7 nitrogen and oxygen atoms in total. The third-order valence-electron chi connectivity index (χ3n) is 6.27. The van der Waals surface area contributed by atoms with Crippen LogP contribution in [0.15, 0.2) is 36.4 Å². The first-order valence-corrected chi connectivity index (χ1v) is 11.3. The van der Waals surface area contributed by atoms with Gasteiger partial charge in [-0.3, -0.25) is 9.59 Å². The number of esters is 1. The number of rotatable bonds is 9. The van der Waals surface area contributed by atoms with Crippen LogP contribution in [0.4, 0.5) is 0 Å². The molecular weight excluding hydrogens is 408 g/mol. The number of benzene rings is 1. The first-order valence-electron chi connectivity index (χ1n) is 11.3. The summed E-state index contributed by atoms with van der Waals surface area (Å²) in [7, 11) is 2.14. The van der Waals surface area contributed by atoms with Gasteiger partial charge in [-0.2, -0.15) is 0 Å². The minimum absolute atomic E-state index is 0.0137. The Balaban J connectivity index is 2.05. The van der Waals surface area contributed by atoms with Crippen LogP contribution in [0.5, 0.6) is 5.75 Å². The lowest BCUT2D eigenvalue weighted by molar-refractivity contribution is -0.142. The highest BCUT2D eigenvalue weighted by atomic mass is 16.5. The van der Waals surface area contributed by atoms with Crippen molar-refractivity contribution in [3.8, 4) is 5.75 Å². The number of nitrogens with one attached hydrogen (secondary N) is 1. The number of aliphatic carboxylic acids is 1. The summed E-state index contributed by atoms with van der Waals surface area (Å²) in [5, 5.41) is 11.6. The van der Waals surface area contributed by atoms with Gasteiger partial charge in [-0.1, -0.05) is 45.9 Å². The number of amides is 1. The molecule has 1 aromatic carbocycles. The fourth-order valence-electron chi connectivity index (χ4n) is 4.32. The zero-order valence-corrected chi connectivity index (χ0v) is 19.6. The first-order chi connectivity index (χ1) is 15.1. The largest absolute Gasteiger partial charge is 0.480 e. The van der Waals surface area contributed by atoms with Crippen LogP contribution in [0.1, 0.15) is 58.4 Å². The molecule has 0 saturated carbocycles. The monoisotopic (exact) mass is 444 g/mol. The minimum Gasteiger partial charge on any atom is -0.480 e. The Bertz CT molecular complexity index is 850. The lowest BCUT2D eigenvalue weighted by Gasteiger charge is -2.35. The lowest BCUT2D eigenvalue weighted by atomic mass is 9.74. The van der Waals surface area contributed by atoms with Gasteiger partial charge in [-0.05, 0) is 56.5 Å². The Labute approximate surface area is 190 Å². The van der Waals surface area contributed by atoms with Crippen LogP contribution < -0.4 is 10.1 Å². The average Bonchev–Trinajstić information content (AvgIpc) is 2.93. The van der Waals surface area contributed by atoms with Crippen molar-refractivity contribution >= 4 is 17.8 Å². The molecule has 0 aromatic heterocycles. The van der Waals surface area contributed by atoms with Gasteiger partial charge in [0, 0.05) is 17.5 Å². The van der Waals surface area contributed by atoms with E-state index in [1.807, 2.05) is 12.1 Å². The average molecular weight is 445 g/mol. The second-order valence-electron chi connectivity index (χ2n) is 9.14. The number of likely N-dealkylation sites (tertiary alicyclic amines) is 1. The van der Waals surface area contributed by atoms with Crippen LogP contribution in [0, 0.1) is 5.92 Å². The van der Waals surface area contributed by atoms with Crippen LogP contribution in [0.3, 0.4) is 0 Å². The summed E-state index contributed by atoms with van der Waals surface area (Å²) in [5.41, 5.74) is 1.13. The Morgan fingerprint density at radius 2 is 2.00 bits per heavy atom. The third kappa shape index (κ3) is 6.66. The van der Waals surface area contributed by atoms with E-state index in [0.717, 1.165) is 37.9 Å². The molecule has 2 N–H and O–H groups in total. The topological polar surface area (TPSA) is 95.9 Å². The molecule has 1 aromatic rings. The molecule has 1 saturated heterocycles. The van der Waals surface area contributed by atoms with E-state index in [-0.39, 0.29) is 23.3 Å². The minimum atomic E-state index is -1.13. The van der Waals surface area contributed by atoms with Gasteiger partial charge in [0.15, 0.2) is 0 Å². The standard InChI is InChI=1S/C25H36N2O5/c1-6-25(12-7-8-13-27(5)16-25)19-10-9-11-20(15-19)32-21(28)14-18(4)23(29)26-22(17(2)3)24(30)31/h9-11,15,17,22H,4,6-8,12-14,16H2,1-3,5H3,(H,26,29)(H,30,31). The van der Waals surface area contributed by atoms with Crippen LogP contribution in [0.2, 0.25) is 0 Å². The normalized spacial score (nSPS) is 20.3. The summed E-state index contributed by atoms with van der Waals surface area (Å²) in [5.74, 6) is -2.26. The van der Waals surface area contributed by atoms with E-state index in [0.29, 0.717) is 5.75 Å². The SMILES string of the molecule is C=C(CC(=O)Oc1cccc(C2(CC)CCCCN(C)C2)c1)C(=O)NC(C(=O)O)C(C)C. The van der Waals surface area contributed by atoms with E-state index < -0.39 is 23.9 Å². The summed E-state index contributed by atoms with van der Waals surface area (Å²) in [4.78, 5) is 38.3. The number of hydrogen-bond acceptors (Lipinski definition) is 5. The predicted octanol–water partition coefficient (Wildman–Crippen LogP) is 3.53. The molecule has 0 spiro atoms. The number of carbonyl (C=O) groups is 3. The molecule has 32 heavy (non-hydrogen) atoms. The van der Waals surface area contributed by atoms with Gasteiger partial charge in [0.05, 0.1) is 6.42 Å². The Kier molecular flexibility index (Phi) is 9.01. The quantitative estimate of drug-likeness (QED) is 0.344. The van der Waals surface area contributed by atoms with Crippen molar-refractivity contribution in [2.24, 2.45) is 5.92 Å². The maximum Gasteiger partial charge on any atom is 0.326 e. The summed E-state index contributed by atoms with van der Waals surface area (Å²) >= 11 is 0. The fraction of sp³-hybridized carbons (Fsp3) is 0.560. The van der Waals surface area contributed by atoms with Crippen molar-refractivity contribution in [2.75, 3.05) is 20.1 Å². The number of nitrogens with zero attached hydrogens (tertiary/aromatic N) is 1. The van der Waals surface area contributed by atoms with E-state index in [9.17, 15) is 19.5 Å². The van der Waals surface area contributed by atoms with Crippen molar-refractivity contribution in [3.05, 3.63) is 42.0 Å². The number of carboxylic acids is 1. The maximum absolute atomic E-state index is 12.4. The zero-order chi connectivity index (χ0) is 23.9. The molecule has 2 atom stereocenters. The van der Waals surface area contributed by atoms with E-state index in [1.165, 1.54) is 6.42 Å². The Morgan fingerprint density at radius 1 is 1.28 bits per heavy atom. The molecular formula is C25H36N2O5. The number of carboxylic acid groups (broad SMARTS) is 1. The number of hydrogen-bond donors (Lipinski definition) is 2. The highest BCUT2D eigenvalue weighted by molar-refractivity contribution is 5.99. The molecule has 1 heterocycles. The van der Waals surface area contributed by atoms with Crippen LogP contribution in [0.25, 0.3) is 0 Å². The summed E-state index contributed by atoms with van der Waals surface area (Å²) in [6, 6.07) is 6.58. The predicted molar refractivity (Wildman–Crippen MR) is 124 cm³/mol. The summed E-state index contributed by atoms with van der Waals surface area (Å²) in [6.45, 7) is 11.3. The van der Waals surface area contributed by atoms with E-state index in [1.54, 1.807) is 19.9 Å². The Hall–Kier alpha value is -2.67. The zero-order valence-electron chi connectivity index (χ0n) is 19.6. The lowest BCUT2D eigenvalue weighted by Crippen LogP contribution is -2.45. The molecule has 1 aliphatic heterocycles. The Morgan fingerprint density at radius 3 is 2.62 bits per heavy atom. The van der Waals surface area contributed by atoms with Crippen molar-refractivity contribution in [1.82, 2.24) is 10.2 Å². The molecule has 176 valence electrons. The second kappa shape index (κ2) is 11.3. The van der Waals surface area contributed by atoms with Crippen LogP contribution >= 0.6 is 0 Å². The van der Waals surface area contributed by atoms with Crippen LogP contribution in [-0.2, 0) is 19.8 Å². The molecule has 2 rings (SSSR count). The molecule has 0 bridgehead atoms. The smallest absolute Gasteiger partial charge is 0.326 e. The van der Waals surface area contributed by atoms with Crippen molar-refractivity contribution in [2.45, 2.75) is 64.3 Å². The first kappa shape index (κ1) is 25.6. The van der Waals surface area contributed by atoms with Gasteiger partial charge in [0.2, 0.25) is 5.91 Å². The number of ether oxygens (including phenoxy) is 1. The highest BCUT2D eigenvalue weighted by Crippen LogP contribution is 2.37. The van der Waals surface area contributed by atoms with Gasteiger partial charge < -0.3 is 20.1 Å². The third-order valence-corrected chi connectivity index (χ3v) is 6.27. The molecule has 0 aliphatic carbocycles. The summed E-state index contributed by atoms with van der Waals surface area (Å²) in [6.07, 6.45) is 4.10. The molecule has 2 unspecified atom stereocenters. The van der Waals surface area contributed by atoms with Crippen molar-refractivity contribution in [1.29, 1.82) is 0 Å². The van der Waals surface area contributed by atoms with Gasteiger partial charge in [0.25, 0.3) is 0 Å². The van der Waals surface area contributed by atoms with Crippen molar-refractivity contribution < 1.29 is 24.2 Å². The fourth-order valence-corrected chi connectivity index (χ4v) is 4.32. The van der Waals surface area contributed by atoms with Gasteiger partial charge in [0.1, 0.15) is 11.8 Å². The molecule has 1 aliphatic rings. The van der Waals surface area contributed by atoms with Gasteiger partial charge in [-0.15, -0.1) is 0 Å². The summed E-state index contributed by atoms with van der Waals surface area (Å²) < 4.78 is 5.50. The van der Waals surface area contributed by atoms with E-state index in [4.69, 9.17) is 4.74 Å². The number of likely N-dealkylation sites (N-methyl/N-ethyl adjacent to an activating group) is 1. The van der Waals surface area contributed by atoms with Gasteiger partial charge >= 0.3 is 11.9 Å². The maximum atomic E-state index is 12.4. The van der Waals surface area contributed by atoms with Crippen molar-refractivity contribution in [3.63, 3.8) is 0 Å². The van der Waals surface area contributed by atoms with Crippen LogP contribution in [-0.4, -0.2) is 54.0 Å². The van der Waals surface area contributed by atoms with E-state index in [2.05, 4.69) is 36.8 Å². The molecule has 7 heteroatoms.